The zero-order chi connectivity index (χ0) is 23.3. The first kappa shape index (κ1) is 22.5. The molecule has 0 aliphatic carbocycles. The second-order valence-corrected chi connectivity index (χ2v) is 6.27. The Kier molecular flexibility index (Phi) is 6.88. The van der Waals surface area contributed by atoms with Crippen molar-refractivity contribution < 1.29 is 32.2 Å². The number of aromatic nitrogens is 2. The highest BCUT2D eigenvalue weighted by Crippen LogP contribution is 2.18. The molecule has 0 radical (unpaired) electrons. The number of anilines is 1. The minimum atomic E-state index is -0.992. The van der Waals surface area contributed by atoms with E-state index in [-0.39, 0.29) is 23.7 Å². The van der Waals surface area contributed by atoms with Crippen LogP contribution in [0.15, 0.2) is 53.3 Å². The van der Waals surface area contributed by atoms with Gasteiger partial charge >= 0.3 is 5.97 Å². The Morgan fingerprint density at radius 3 is 2.38 bits per heavy atom. The third kappa shape index (κ3) is 5.31. The number of nitrogens with zero attached hydrogens (tertiary/aromatic N) is 2. The Labute approximate surface area is 179 Å². The van der Waals surface area contributed by atoms with E-state index in [9.17, 15) is 27.6 Å². The number of rotatable bonds is 7. The predicted octanol–water partition coefficient (Wildman–Crippen LogP) is 2.84. The van der Waals surface area contributed by atoms with Gasteiger partial charge in [-0.15, -0.1) is 0 Å². The van der Waals surface area contributed by atoms with E-state index in [0.29, 0.717) is 6.07 Å². The highest BCUT2D eigenvalue weighted by atomic mass is 19.1. The lowest BCUT2D eigenvalue weighted by molar-refractivity contribution is -0.118. The summed E-state index contributed by atoms with van der Waals surface area (Å²) in [6.07, 6.45) is 0. The maximum atomic E-state index is 13.7. The van der Waals surface area contributed by atoms with Gasteiger partial charge < -0.3 is 14.8 Å². The molecule has 1 aromatic heterocycles. The van der Waals surface area contributed by atoms with E-state index in [0.717, 1.165) is 35.0 Å². The van der Waals surface area contributed by atoms with Crippen LogP contribution in [0.25, 0.3) is 5.69 Å². The molecule has 0 spiro atoms. The minimum absolute atomic E-state index is 0.0000419. The van der Waals surface area contributed by atoms with Gasteiger partial charge in [0, 0.05) is 6.07 Å². The first-order chi connectivity index (χ1) is 15.3. The average Bonchev–Trinajstić information content (AvgIpc) is 2.75. The van der Waals surface area contributed by atoms with Crippen molar-refractivity contribution in [2.75, 3.05) is 18.5 Å². The second kappa shape index (κ2) is 9.77. The zero-order valence-electron chi connectivity index (χ0n) is 16.6. The topological polar surface area (TPSA) is 99.5 Å². The van der Waals surface area contributed by atoms with Crippen molar-refractivity contribution in [3.8, 4) is 11.4 Å². The minimum Gasteiger partial charge on any atom is -0.481 e. The van der Waals surface area contributed by atoms with Gasteiger partial charge in [-0.05, 0) is 43.3 Å². The third-order valence-electron chi connectivity index (χ3n) is 4.00. The summed E-state index contributed by atoms with van der Waals surface area (Å²) < 4.78 is 50.8. The Balaban J connectivity index is 1.85. The van der Waals surface area contributed by atoms with Crippen LogP contribution in [0.5, 0.6) is 5.75 Å². The molecule has 1 N–H and O–H groups in total. The van der Waals surface area contributed by atoms with Crippen LogP contribution in [-0.2, 0) is 9.53 Å². The fourth-order valence-corrected chi connectivity index (χ4v) is 2.58. The number of carbonyl (C=O) groups is 2. The molecule has 1 heterocycles. The molecular formula is C21H16F3N3O5. The van der Waals surface area contributed by atoms with Gasteiger partial charge in [0.2, 0.25) is 5.69 Å². The van der Waals surface area contributed by atoms with Crippen molar-refractivity contribution in [2.45, 2.75) is 6.92 Å². The quantitative estimate of drug-likeness (QED) is 0.560. The molecule has 32 heavy (non-hydrogen) atoms. The van der Waals surface area contributed by atoms with E-state index in [1.807, 2.05) is 0 Å². The molecule has 0 saturated heterocycles. The molecule has 0 aliphatic rings. The number of carbonyl (C=O) groups excluding carboxylic acids is 2. The van der Waals surface area contributed by atoms with Crippen LogP contribution in [0.1, 0.15) is 17.4 Å². The number of hydrogen-bond donors (Lipinski definition) is 1. The molecule has 0 atom stereocenters. The van der Waals surface area contributed by atoms with Crippen LogP contribution in [0.2, 0.25) is 0 Å². The van der Waals surface area contributed by atoms with Gasteiger partial charge in [0.1, 0.15) is 17.5 Å². The first-order valence-electron chi connectivity index (χ1n) is 9.23. The summed E-state index contributed by atoms with van der Waals surface area (Å²) >= 11 is 0. The Hall–Kier alpha value is -4.15. The van der Waals surface area contributed by atoms with Crippen LogP contribution in [-0.4, -0.2) is 34.9 Å². The molecular weight excluding hydrogens is 431 g/mol. The summed E-state index contributed by atoms with van der Waals surface area (Å²) in [7, 11) is 0. The molecule has 0 bridgehead atoms. The van der Waals surface area contributed by atoms with Gasteiger partial charge in [0.25, 0.3) is 11.5 Å². The number of hydrogen-bond acceptors (Lipinski definition) is 6. The van der Waals surface area contributed by atoms with E-state index in [1.165, 1.54) is 12.1 Å². The number of nitrogens with one attached hydrogen (secondary N) is 1. The normalized spacial score (nSPS) is 10.5. The number of amides is 1. The fraction of sp³-hybridized carbons (Fsp3) is 0.143. The molecule has 3 aromatic rings. The van der Waals surface area contributed by atoms with Gasteiger partial charge in [0.15, 0.2) is 12.4 Å². The van der Waals surface area contributed by atoms with E-state index < -0.39 is 47.2 Å². The Morgan fingerprint density at radius 1 is 1.03 bits per heavy atom. The summed E-state index contributed by atoms with van der Waals surface area (Å²) in [5.74, 6) is -4.45. The van der Waals surface area contributed by atoms with Crippen molar-refractivity contribution in [1.29, 1.82) is 0 Å². The largest absolute Gasteiger partial charge is 0.481 e. The summed E-state index contributed by atoms with van der Waals surface area (Å²) in [4.78, 5) is 36.8. The van der Waals surface area contributed by atoms with Crippen molar-refractivity contribution in [3.63, 3.8) is 0 Å². The lowest BCUT2D eigenvalue weighted by atomic mass is 10.3. The standard InChI is InChI=1S/C21H16F3N3O5/c1-2-31-21(30)20-17(10-19(29)27(26-20)14-6-3-12(22)4-7-14)32-11-18(28)25-16-8-5-13(23)9-15(16)24/h3-10H,2,11H2,1H3,(H,25,28). The van der Waals surface area contributed by atoms with Crippen LogP contribution in [0, 0.1) is 17.5 Å². The maximum absolute atomic E-state index is 13.7. The Morgan fingerprint density at radius 2 is 1.72 bits per heavy atom. The van der Waals surface area contributed by atoms with E-state index in [2.05, 4.69) is 10.4 Å². The number of benzene rings is 2. The Bertz CT molecular complexity index is 1210. The highest BCUT2D eigenvalue weighted by Gasteiger charge is 2.21. The SMILES string of the molecule is CCOC(=O)c1nn(-c2ccc(F)cc2)c(=O)cc1OCC(=O)Nc1ccc(F)cc1F. The average molecular weight is 447 g/mol. The van der Waals surface area contributed by atoms with Crippen molar-refractivity contribution in [3.05, 3.63) is 82.0 Å². The van der Waals surface area contributed by atoms with Crippen LogP contribution < -0.4 is 15.6 Å². The molecule has 166 valence electrons. The number of ether oxygens (including phenoxy) is 2. The van der Waals surface area contributed by atoms with E-state index in [1.54, 1.807) is 6.92 Å². The first-order valence-corrected chi connectivity index (χ1v) is 9.23. The van der Waals surface area contributed by atoms with Crippen molar-refractivity contribution in [1.82, 2.24) is 9.78 Å². The van der Waals surface area contributed by atoms with E-state index in [4.69, 9.17) is 9.47 Å². The second-order valence-electron chi connectivity index (χ2n) is 6.27. The van der Waals surface area contributed by atoms with Crippen LogP contribution >= 0.6 is 0 Å². The molecule has 0 fully saturated rings. The highest BCUT2D eigenvalue weighted by molar-refractivity contribution is 5.93. The number of esters is 1. The fourth-order valence-electron chi connectivity index (χ4n) is 2.58. The van der Waals surface area contributed by atoms with Gasteiger partial charge in [-0.2, -0.15) is 9.78 Å². The summed E-state index contributed by atoms with van der Waals surface area (Å²) in [5, 5.41) is 6.10. The molecule has 0 aliphatic heterocycles. The summed E-state index contributed by atoms with van der Waals surface area (Å²) in [6, 6.07) is 8.26. The van der Waals surface area contributed by atoms with Crippen LogP contribution in [0.4, 0.5) is 18.9 Å². The lowest BCUT2D eigenvalue weighted by Crippen LogP contribution is -2.27. The third-order valence-corrected chi connectivity index (χ3v) is 4.00. The number of halogens is 3. The van der Waals surface area contributed by atoms with Crippen molar-refractivity contribution in [2.24, 2.45) is 0 Å². The summed E-state index contributed by atoms with van der Waals surface area (Å²) in [6.45, 7) is 0.837. The molecule has 11 heteroatoms. The molecule has 2 aromatic carbocycles. The van der Waals surface area contributed by atoms with Crippen LogP contribution in [0.3, 0.4) is 0 Å². The van der Waals surface area contributed by atoms with Crippen molar-refractivity contribution >= 4 is 17.6 Å². The van der Waals surface area contributed by atoms with Gasteiger partial charge in [-0.1, -0.05) is 0 Å². The molecule has 0 saturated carbocycles. The van der Waals surface area contributed by atoms with Gasteiger partial charge in [-0.25, -0.2) is 18.0 Å². The smallest absolute Gasteiger partial charge is 0.362 e. The predicted molar refractivity (Wildman–Crippen MR) is 106 cm³/mol. The maximum Gasteiger partial charge on any atom is 0.362 e. The monoisotopic (exact) mass is 447 g/mol. The van der Waals surface area contributed by atoms with Gasteiger partial charge in [0.05, 0.1) is 24.0 Å². The molecule has 1 amide bonds. The molecule has 0 unspecified atom stereocenters. The van der Waals surface area contributed by atoms with E-state index >= 15 is 0 Å². The molecule has 8 nitrogen and oxygen atoms in total. The lowest BCUT2D eigenvalue weighted by Gasteiger charge is -2.13. The van der Waals surface area contributed by atoms with Gasteiger partial charge in [-0.3, -0.25) is 9.59 Å². The zero-order valence-corrected chi connectivity index (χ0v) is 16.6. The summed E-state index contributed by atoms with van der Waals surface area (Å²) in [5.41, 5.74) is -1.24. The molecule has 3 rings (SSSR count).